The van der Waals surface area contributed by atoms with E-state index in [1.165, 1.54) is 0 Å². The maximum Gasteiger partial charge on any atom is 0.311 e. The summed E-state index contributed by atoms with van der Waals surface area (Å²) < 4.78 is 1.93. The average molecular weight is 287 g/mol. The third kappa shape index (κ3) is 2.21. The fourth-order valence-corrected chi connectivity index (χ4v) is 3.22. The molecule has 112 valence electrons. The molecule has 1 atom stereocenters. The number of carboxylic acid groups (broad SMARTS) is 1. The van der Waals surface area contributed by atoms with E-state index in [0.717, 1.165) is 36.0 Å². The Hall–Kier alpha value is -1.88. The Bertz CT molecular complexity index is 675. The number of carbonyl (C=O) groups is 1. The fourth-order valence-electron chi connectivity index (χ4n) is 3.22. The molecule has 1 aliphatic carbocycles. The number of aromatic nitrogens is 2. The molecule has 0 bridgehead atoms. The van der Waals surface area contributed by atoms with Crippen LogP contribution in [0.15, 0.2) is 24.3 Å². The minimum absolute atomic E-state index is 0.167. The first-order valence-corrected chi connectivity index (χ1v) is 7.50. The smallest absolute Gasteiger partial charge is 0.311 e. The summed E-state index contributed by atoms with van der Waals surface area (Å²) in [6.07, 6.45) is 2.32. The summed E-state index contributed by atoms with van der Waals surface area (Å²) in [5.74, 6) is -0.604. The molecule has 3 rings (SSSR count). The van der Waals surface area contributed by atoms with Crippen molar-refractivity contribution in [1.82, 2.24) is 9.78 Å². The molecule has 0 spiro atoms. The second-order valence-corrected chi connectivity index (χ2v) is 5.90. The van der Waals surface area contributed by atoms with Gasteiger partial charge >= 0.3 is 5.97 Å². The van der Waals surface area contributed by atoms with Crippen molar-refractivity contribution in [3.05, 3.63) is 30.0 Å². The maximum absolute atomic E-state index is 11.8. The minimum atomic E-state index is -0.865. The van der Waals surface area contributed by atoms with Gasteiger partial charge in [-0.15, -0.1) is 0 Å². The number of rotatable bonds is 6. The SMILES string of the molecule is CCn1nc(CC(CN)(C(=O)O)C2CC2)c2ccccc21. The third-order valence-corrected chi connectivity index (χ3v) is 4.67. The molecule has 2 aromatic rings. The number of nitrogens with two attached hydrogens (primary N) is 1. The number of benzene rings is 1. The summed E-state index contributed by atoms with van der Waals surface area (Å²) in [5.41, 5.74) is 6.91. The van der Waals surface area contributed by atoms with Crippen LogP contribution in [-0.4, -0.2) is 27.4 Å². The van der Waals surface area contributed by atoms with Gasteiger partial charge < -0.3 is 10.8 Å². The normalized spacial score (nSPS) is 17.8. The second kappa shape index (κ2) is 5.15. The first-order valence-electron chi connectivity index (χ1n) is 7.50. The molecule has 1 fully saturated rings. The number of hydrogen-bond acceptors (Lipinski definition) is 3. The van der Waals surface area contributed by atoms with Crippen molar-refractivity contribution in [2.45, 2.75) is 32.7 Å². The largest absolute Gasteiger partial charge is 0.481 e. The molecule has 1 saturated carbocycles. The maximum atomic E-state index is 11.8. The highest BCUT2D eigenvalue weighted by atomic mass is 16.4. The van der Waals surface area contributed by atoms with Crippen LogP contribution in [0.1, 0.15) is 25.5 Å². The molecule has 5 nitrogen and oxygen atoms in total. The number of para-hydroxylation sites is 1. The zero-order chi connectivity index (χ0) is 15.0. The van der Waals surface area contributed by atoms with Gasteiger partial charge in [0.25, 0.3) is 0 Å². The summed E-state index contributed by atoms with van der Waals surface area (Å²) >= 11 is 0. The molecular formula is C16H21N3O2. The Labute approximate surface area is 123 Å². The third-order valence-electron chi connectivity index (χ3n) is 4.67. The number of carboxylic acids is 1. The minimum Gasteiger partial charge on any atom is -0.481 e. The van der Waals surface area contributed by atoms with Crippen LogP contribution in [0.2, 0.25) is 0 Å². The van der Waals surface area contributed by atoms with E-state index >= 15 is 0 Å². The van der Waals surface area contributed by atoms with Gasteiger partial charge in [-0.05, 0) is 31.7 Å². The van der Waals surface area contributed by atoms with Gasteiger partial charge in [0.1, 0.15) is 0 Å². The lowest BCUT2D eigenvalue weighted by Crippen LogP contribution is -2.42. The zero-order valence-corrected chi connectivity index (χ0v) is 12.2. The molecule has 1 aromatic heterocycles. The Morgan fingerprint density at radius 2 is 2.19 bits per heavy atom. The highest BCUT2D eigenvalue weighted by molar-refractivity contribution is 5.83. The summed E-state index contributed by atoms with van der Waals surface area (Å²) in [7, 11) is 0. The van der Waals surface area contributed by atoms with Crippen LogP contribution in [0.4, 0.5) is 0 Å². The number of aryl methyl sites for hydroxylation is 1. The van der Waals surface area contributed by atoms with E-state index in [-0.39, 0.29) is 12.5 Å². The topological polar surface area (TPSA) is 81.1 Å². The van der Waals surface area contributed by atoms with Gasteiger partial charge in [-0.2, -0.15) is 5.10 Å². The van der Waals surface area contributed by atoms with E-state index < -0.39 is 11.4 Å². The molecule has 0 amide bonds. The fraction of sp³-hybridized carbons (Fsp3) is 0.500. The second-order valence-electron chi connectivity index (χ2n) is 5.90. The van der Waals surface area contributed by atoms with Crippen molar-refractivity contribution in [3.63, 3.8) is 0 Å². The summed E-state index contributed by atoms with van der Waals surface area (Å²) in [6, 6.07) is 7.99. The van der Waals surface area contributed by atoms with Crippen LogP contribution >= 0.6 is 0 Å². The summed E-state index contributed by atoms with van der Waals surface area (Å²) in [5, 5.41) is 15.4. The number of fused-ring (bicyclic) bond motifs is 1. The van der Waals surface area contributed by atoms with Crippen LogP contribution in [-0.2, 0) is 17.8 Å². The van der Waals surface area contributed by atoms with E-state index in [0.29, 0.717) is 6.42 Å². The van der Waals surface area contributed by atoms with E-state index in [2.05, 4.69) is 5.10 Å². The van der Waals surface area contributed by atoms with Crippen molar-refractivity contribution >= 4 is 16.9 Å². The van der Waals surface area contributed by atoms with Crippen LogP contribution < -0.4 is 5.73 Å². The van der Waals surface area contributed by atoms with Gasteiger partial charge in [0.2, 0.25) is 0 Å². The summed E-state index contributed by atoms with van der Waals surface area (Å²) in [6.45, 7) is 2.98. The molecule has 1 unspecified atom stereocenters. The van der Waals surface area contributed by atoms with Crippen molar-refractivity contribution < 1.29 is 9.90 Å². The molecule has 3 N–H and O–H groups in total. The van der Waals surface area contributed by atoms with Crippen molar-refractivity contribution in [1.29, 1.82) is 0 Å². The standard InChI is InChI=1S/C16H21N3O2/c1-2-19-14-6-4-3-5-12(14)13(18-19)9-16(10-17,15(20)21)11-7-8-11/h3-6,11H,2,7-10,17H2,1H3,(H,20,21). The molecule has 21 heavy (non-hydrogen) atoms. The van der Waals surface area contributed by atoms with Crippen molar-refractivity contribution in [3.8, 4) is 0 Å². The Morgan fingerprint density at radius 1 is 1.48 bits per heavy atom. The Morgan fingerprint density at radius 3 is 2.76 bits per heavy atom. The van der Waals surface area contributed by atoms with Gasteiger partial charge in [0.05, 0.1) is 16.6 Å². The van der Waals surface area contributed by atoms with Gasteiger partial charge in [-0.1, -0.05) is 18.2 Å². The highest BCUT2D eigenvalue weighted by Crippen LogP contribution is 2.47. The molecule has 5 heteroatoms. The van der Waals surface area contributed by atoms with Crippen LogP contribution in [0, 0.1) is 11.3 Å². The summed E-state index contributed by atoms with van der Waals surface area (Å²) in [4.78, 5) is 11.8. The highest BCUT2D eigenvalue weighted by Gasteiger charge is 2.50. The predicted octanol–water partition coefficient (Wildman–Crippen LogP) is 2.04. The lowest BCUT2D eigenvalue weighted by atomic mass is 9.78. The van der Waals surface area contributed by atoms with Crippen molar-refractivity contribution in [2.24, 2.45) is 17.1 Å². The van der Waals surface area contributed by atoms with Crippen LogP contribution in [0.25, 0.3) is 10.9 Å². The zero-order valence-electron chi connectivity index (χ0n) is 12.2. The van der Waals surface area contributed by atoms with Crippen LogP contribution in [0.5, 0.6) is 0 Å². The number of nitrogens with zero attached hydrogens (tertiary/aromatic N) is 2. The van der Waals surface area contributed by atoms with Gasteiger partial charge in [0.15, 0.2) is 0 Å². The van der Waals surface area contributed by atoms with Gasteiger partial charge in [-0.3, -0.25) is 9.48 Å². The lowest BCUT2D eigenvalue weighted by Gasteiger charge is -2.27. The lowest BCUT2D eigenvalue weighted by molar-refractivity contribution is -0.149. The van der Waals surface area contributed by atoms with Crippen molar-refractivity contribution in [2.75, 3.05) is 6.54 Å². The van der Waals surface area contributed by atoms with Gasteiger partial charge in [0, 0.05) is 24.9 Å². The predicted molar refractivity (Wildman–Crippen MR) is 81.0 cm³/mol. The first kappa shape index (κ1) is 14.1. The number of hydrogen-bond donors (Lipinski definition) is 2. The number of aliphatic carboxylic acids is 1. The van der Waals surface area contributed by atoms with E-state index in [9.17, 15) is 9.90 Å². The van der Waals surface area contributed by atoms with Gasteiger partial charge in [-0.25, -0.2) is 0 Å². The monoisotopic (exact) mass is 287 g/mol. The molecule has 1 aliphatic rings. The van der Waals surface area contributed by atoms with E-state index in [1.807, 2.05) is 35.9 Å². The Balaban J connectivity index is 2.06. The van der Waals surface area contributed by atoms with E-state index in [1.54, 1.807) is 0 Å². The molecule has 0 saturated heterocycles. The van der Waals surface area contributed by atoms with E-state index in [4.69, 9.17) is 5.73 Å². The molecule has 1 heterocycles. The Kier molecular flexibility index (Phi) is 3.45. The van der Waals surface area contributed by atoms with Crippen LogP contribution in [0.3, 0.4) is 0 Å². The quantitative estimate of drug-likeness (QED) is 0.852. The molecule has 0 aliphatic heterocycles. The molecular weight excluding hydrogens is 266 g/mol. The molecule has 0 radical (unpaired) electrons. The average Bonchev–Trinajstić information content (AvgIpc) is 3.28. The first-order chi connectivity index (χ1) is 10.1. The molecule has 1 aromatic carbocycles.